The second-order valence-electron chi connectivity index (χ2n) is 5.76. The fourth-order valence-electron chi connectivity index (χ4n) is 2.75. The lowest BCUT2D eigenvalue weighted by Gasteiger charge is -2.29. The van der Waals surface area contributed by atoms with Gasteiger partial charge in [0.05, 0.1) is 17.1 Å². The van der Waals surface area contributed by atoms with E-state index >= 15 is 0 Å². The van der Waals surface area contributed by atoms with Crippen molar-refractivity contribution in [2.75, 3.05) is 38.2 Å². The topological polar surface area (TPSA) is 49.9 Å². The number of benzene rings is 1. The van der Waals surface area contributed by atoms with Gasteiger partial charge >= 0.3 is 0 Å². The Morgan fingerprint density at radius 1 is 1.23 bits per heavy atom. The first kappa shape index (κ1) is 17.1. The molecule has 0 spiro atoms. The maximum absolute atomic E-state index is 13.0. The summed E-state index contributed by atoms with van der Waals surface area (Å²) in [6, 6.07) is 3.60. The first-order chi connectivity index (χ1) is 10.4. The molecule has 0 aliphatic carbocycles. The number of hydrogen-bond donors (Lipinski definition) is 0. The summed E-state index contributed by atoms with van der Waals surface area (Å²) >= 11 is 0. The van der Waals surface area contributed by atoms with Crippen LogP contribution in [0.25, 0.3) is 0 Å². The smallest absolute Gasteiger partial charge is 0.243 e. The average Bonchev–Trinajstić information content (AvgIpc) is 2.47. The molecule has 0 saturated carbocycles. The Kier molecular flexibility index (Phi) is 5.34. The van der Waals surface area contributed by atoms with Crippen LogP contribution in [-0.2, 0) is 10.0 Å². The fourth-order valence-corrected chi connectivity index (χ4v) is 4.59. The molecule has 6 heteroatoms. The lowest BCUT2D eigenvalue weighted by Crippen LogP contribution is -2.33. The van der Waals surface area contributed by atoms with Crippen molar-refractivity contribution in [3.05, 3.63) is 17.7 Å². The predicted octanol–water partition coefficient (Wildman–Crippen LogP) is 2.63. The fraction of sp³-hybridized carbons (Fsp3) is 0.625. The van der Waals surface area contributed by atoms with E-state index in [2.05, 4.69) is 4.90 Å². The molecule has 124 valence electrons. The van der Waals surface area contributed by atoms with E-state index < -0.39 is 10.0 Å². The standard InChI is InChI=1S/C16H26N2O3S/c1-5-7-18(8-6-2)22(19,20)16-12-15-14(11-13(16)3)17(4)9-10-21-15/h11-12H,5-10H2,1-4H3. The number of rotatable bonds is 6. The van der Waals surface area contributed by atoms with Crippen LogP contribution in [0.5, 0.6) is 5.75 Å². The van der Waals surface area contributed by atoms with Crippen molar-refractivity contribution in [1.29, 1.82) is 0 Å². The highest BCUT2D eigenvalue weighted by Gasteiger charge is 2.27. The molecule has 0 saturated heterocycles. The Morgan fingerprint density at radius 2 is 1.86 bits per heavy atom. The third kappa shape index (κ3) is 3.22. The third-order valence-corrected chi connectivity index (χ3v) is 5.96. The molecule has 0 fully saturated rings. The van der Waals surface area contributed by atoms with E-state index in [1.165, 1.54) is 0 Å². The van der Waals surface area contributed by atoms with Gasteiger partial charge in [0.15, 0.2) is 0 Å². The minimum atomic E-state index is -3.47. The van der Waals surface area contributed by atoms with E-state index in [9.17, 15) is 8.42 Å². The van der Waals surface area contributed by atoms with Crippen molar-refractivity contribution in [1.82, 2.24) is 4.31 Å². The summed E-state index contributed by atoms with van der Waals surface area (Å²) in [4.78, 5) is 2.46. The van der Waals surface area contributed by atoms with Crippen LogP contribution in [0.4, 0.5) is 5.69 Å². The molecule has 1 aromatic carbocycles. The van der Waals surface area contributed by atoms with Crippen molar-refractivity contribution in [2.45, 2.75) is 38.5 Å². The van der Waals surface area contributed by atoms with Crippen LogP contribution < -0.4 is 9.64 Å². The molecule has 0 radical (unpaired) electrons. The molecule has 5 nitrogen and oxygen atoms in total. The molecule has 22 heavy (non-hydrogen) atoms. The first-order valence-corrected chi connectivity index (χ1v) is 9.34. The van der Waals surface area contributed by atoms with Crippen molar-refractivity contribution in [3.8, 4) is 5.75 Å². The quantitative estimate of drug-likeness (QED) is 0.806. The molecular formula is C16H26N2O3S. The minimum absolute atomic E-state index is 0.364. The molecular weight excluding hydrogens is 300 g/mol. The average molecular weight is 326 g/mol. The Hall–Kier alpha value is -1.27. The third-order valence-electron chi connectivity index (χ3n) is 3.92. The van der Waals surface area contributed by atoms with Gasteiger partial charge in [-0.2, -0.15) is 4.31 Å². The zero-order chi connectivity index (χ0) is 16.3. The van der Waals surface area contributed by atoms with E-state index in [0.29, 0.717) is 30.3 Å². The molecule has 0 bridgehead atoms. The predicted molar refractivity (Wildman–Crippen MR) is 89.3 cm³/mol. The highest BCUT2D eigenvalue weighted by atomic mass is 32.2. The van der Waals surface area contributed by atoms with E-state index in [0.717, 1.165) is 30.6 Å². The number of nitrogens with zero attached hydrogens (tertiary/aromatic N) is 2. The maximum atomic E-state index is 13.0. The lowest BCUT2D eigenvalue weighted by atomic mass is 10.1. The van der Waals surface area contributed by atoms with Gasteiger partial charge in [0.1, 0.15) is 12.4 Å². The van der Waals surface area contributed by atoms with Crippen LogP contribution in [0.15, 0.2) is 17.0 Å². The van der Waals surface area contributed by atoms with Gasteiger partial charge in [0.25, 0.3) is 0 Å². The van der Waals surface area contributed by atoms with Crippen LogP contribution in [0, 0.1) is 6.92 Å². The van der Waals surface area contributed by atoms with Gasteiger partial charge in [0, 0.05) is 26.2 Å². The Labute approximate surface area is 133 Å². The van der Waals surface area contributed by atoms with Gasteiger partial charge in [-0.1, -0.05) is 13.8 Å². The summed E-state index contributed by atoms with van der Waals surface area (Å²) in [5, 5.41) is 0. The molecule has 2 rings (SSSR count). The summed E-state index contributed by atoms with van der Waals surface area (Å²) in [7, 11) is -1.48. The van der Waals surface area contributed by atoms with Gasteiger partial charge < -0.3 is 9.64 Å². The number of aryl methyl sites for hydroxylation is 1. The van der Waals surface area contributed by atoms with Crippen molar-refractivity contribution in [2.24, 2.45) is 0 Å². The molecule has 0 amide bonds. The minimum Gasteiger partial charge on any atom is -0.490 e. The largest absolute Gasteiger partial charge is 0.490 e. The summed E-state index contributed by atoms with van der Waals surface area (Å²) in [5.41, 5.74) is 1.73. The first-order valence-electron chi connectivity index (χ1n) is 7.90. The van der Waals surface area contributed by atoms with Gasteiger partial charge in [-0.15, -0.1) is 0 Å². The van der Waals surface area contributed by atoms with Gasteiger partial charge in [0.2, 0.25) is 10.0 Å². The van der Waals surface area contributed by atoms with Gasteiger partial charge in [-0.25, -0.2) is 8.42 Å². The summed E-state index contributed by atoms with van der Waals surface area (Å²) in [6.07, 6.45) is 1.62. The summed E-state index contributed by atoms with van der Waals surface area (Å²) in [5.74, 6) is 0.658. The summed E-state index contributed by atoms with van der Waals surface area (Å²) in [6.45, 7) is 8.34. The number of sulfonamides is 1. The molecule has 1 heterocycles. The molecule has 1 aliphatic heterocycles. The second kappa shape index (κ2) is 6.87. The second-order valence-corrected chi connectivity index (χ2v) is 7.67. The number of ether oxygens (including phenoxy) is 1. The van der Waals surface area contributed by atoms with Gasteiger partial charge in [-0.3, -0.25) is 0 Å². The van der Waals surface area contributed by atoms with Crippen LogP contribution in [0.3, 0.4) is 0 Å². The zero-order valence-corrected chi connectivity index (χ0v) is 14.7. The normalized spacial score (nSPS) is 14.9. The monoisotopic (exact) mass is 326 g/mol. The number of anilines is 1. The van der Waals surface area contributed by atoms with E-state index in [4.69, 9.17) is 4.74 Å². The van der Waals surface area contributed by atoms with Crippen LogP contribution in [0.1, 0.15) is 32.3 Å². The lowest BCUT2D eigenvalue weighted by molar-refractivity contribution is 0.310. The Morgan fingerprint density at radius 3 is 2.45 bits per heavy atom. The Balaban J connectivity index is 2.46. The number of likely N-dealkylation sites (N-methyl/N-ethyl adjacent to an activating group) is 1. The highest BCUT2D eigenvalue weighted by molar-refractivity contribution is 7.89. The van der Waals surface area contributed by atoms with Crippen molar-refractivity contribution >= 4 is 15.7 Å². The molecule has 0 unspecified atom stereocenters. The molecule has 1 aromatic rings. The number of hydrogen-bond acceptors (Lipinski definition) is 4. The zero-order valence-electron chi connectivity index (χ0n) is 13.9. The maximum Gasteiger partial charge on any atom is 0.243 e. The highest BCUT2D eigenvalue weighted by Crippen LogP contribution is 2.36. The SMILES string of the molecule is CCCN(CCC)S(=O)(=O)c1cc2c(cc1C)N(C)CCO2. The molecule has 0 aromatic heterocycles. The van der Waals surface area contributed by atoms with Crippen LogP contribution >= 0.6 is 0 Å². The van der Waals surface area contributed by atoms with E-state index in [1.54, 1.807) is 10.4 Å². The Bertz CT molecular complexity index is 623. The van der Waals surface area contributed by atoms with Crippen molar-refractivity contribution in [3.63, 3.8) is 0 Å². The van der Waals surface area contributed by atoms with Gasteiger partial charge in [-0.05, 0) is 31.4 Å². The molecule has 1 aliphatic rings. The molecule has 0 N–H and O–H groups in total. The van der Waals surface area contributed by atoms with Crippen LogP contribution in [-0.4, -0.2) is 46.0 Å². The summed E-state index contributed by atoms with van der Waals surface area (Å²) < 4.78 is 33.2. The van der Waals surface area contributed by atoms with Crippen molar-refractivity contribution < 1.29 is 13.2 Å². The van der Waals surface area contributed by atoms with E-state index in [1.807, 2.05) is 33.9 Å². The molecule has 0 atom stereocenters. The van der Waals surface area contributed by atoms with Crippen LogP contribution in [0.2, 0.25) is 0 Å². The number of fused-ring (bicyclic) bond motifs is 1. The van der Waals surface area contributed by atoms with E-state index in [-0.39, 0.29) is 0 Å².